The number of ether oxygens (including phenoxy) is 2. The van der Waals surface area contributed by atoms with Crippen molar-refractivity contribution in [2.45, 2.75) is 114 Å². The van der Waals surface area contributed by atoms with E-state index in [2.05, 4.69) is 21.8 Å². The maximum absolute atomic E-state index is 15.0. The number of allylic oxidation sites excluding steroid dienone is 2. The van der Waals surface area contributed by atoms with Crippen molar-refractivity contribution in [1.82, 2.24) is 19.6 Å². The summed E-state index contributed by atoms with van der Waals surface area (Å²) in [5, 5.41) is 1.04. The zero-order valence-electron chi connectivity index (χ0n) is 31.4. The van der Waals surface area contributed by atoms with E-state index < -0.39 is 43.7 Å². The predicted molar refractivity (Wildman–Crippen MR) is 203 cm³/mol. The highest BCUT2D eigenvalue weighted by molar-refractivity contribution is 7.91. The summed E-state index contributed by atoms with van der Waals surface area (Å²) >= 11 is 0. The van der Waals surface area contributed by atoms with Crippen LogP contribution in [0.1, 0.15) is 94.5 Å². The van der Waals surface area contributed by atoms with Gasteiger partial charge in [-0.2, -0.15) is 0 Å². The molecule has 0 radical (unpaired) electrons. The molecule has 11 nitrogen and oxygen atoms in total. The van der Waals surface area contributed by atoms with Crippen molar-refractivity contribution in [2.24, 2.45) is 17.3 Å². The summed E-state index contributed by atoms with van der Waals surface area (Å²) in [5.74, 6) is -0.496. The third kappa shape index (κ3) is 6.68. The van der Waals surface area contributed by atoms with Crippen LogP contribution in [0, 0.1) is 24.2 Å². The van der Waals surface area contributed by atoms with Crippen molar-refractivity contribution in [1.29, 1.82) is 0 Å². The van der Waals surface area contributed by atoms with E-state index >= 15 is 0 Å². The van der Waals surface area contributed by atoms with E-state index in [4.69, 9.17) is 14.5 Å². The summed E-state index contributed by atoms with van der Waals surface area (Å²) in [6, 6.07) is 12.7. The molecule has 5 atom stereocenters. The number of carbonyl (C=O) groups is 3. The number of amides is 2. The molecule has 3 fully saturated rings. The van der Waals surface area contributed by atoms with E-state index in [0.717, 1.165) is 53.5 Å². The van der Waals surface area contributed by atoms with Crippen LogP contribution in [0.25, 0.3) is 10.9 Å². The Bertz CT molecular complexity index is 2150. The number of fused-ring (bicyclic) bond motifs is 5. The molecule has 1 aromatic carbocycles. The van der Waals surface area contributed by atoms with E-state index in [0.29, 0.717) is 56.6 Å². The molecule has 0 unspecified atom stereocenters. The smallest absolute Gasteiger partial charge is 0.240 e. The van der Waals surface area contributed by atoms with Crippen LogP contribution in [0.15, 0.2) is 54.6 Å². The molecule has 5 aliphatic rings. The molecule has 3 aromatic rings. The van der Waals surface area contributed by atoms with Crippen LogP contribution in [0.4, 0.5) is 0 Å². The molecule has 8 rings (SSSR count). The van der Waals surface area contributed by atoms with Crippen LogP contribution >= 0.6 is 0 Å². The second-order valence-electron chi connectivity index (χ2n) is 16.6. The number of rotatable bonds is 6. The Balaban J connectivity index is 1.15. The molecule has 2 aromatic heterocycles. The third-order valence-corrected chi connectivity index (χ3v) is 15.0. The highest BCUT2D eigenvalue weighted by atomic mass is 32.2. The van der Waals surface area contributed by atoms with Crippen molar-refractivity contribution in [3.8, 4) is 11.6 Å². The Morgan fingerprint density at radius 3 is 2.65 bits per heavy atom. The van der Waals surface area contributed by atoms with Crippen molar-refractivity contribution in [2.75, 3.05) is 13.7 Å². The highest BCUT2D eigenvalue weighted by Gasteiger charge is 2.63. The SMILES string of the molecule is COc1cccc(C[C@H]2CCCCC/C=C\[C@@H]3C[C@@]3(C(=O)NS(=O)(=O)C3(C)CC3)CC(=O)[C@@H]3C[C@]4(CCc5c(c(C)nc6ccccc56)O4)CN3C2=O)n1. The first-order chi connectivity index (χ1) is 25.9. The first kappa shape index (κ1) is 36.6. The van der Waals surface area contributed by atoms with Gasteiger partial charge in [0, 0.05) is 47.9 Å². The van der Waals surface area contributed by atoms with Crippen LogP contribution in [0.2, 0.25) is 0 Å². The Kier molecular flexibility index (Phi) is 9.34. The first-order valence-corrected chi connectivity index (χ1v) is 21.0. The summed E-state index contributed by atoms with van der Waals surface area (Å²) in [4.78, 5) is 55.0. The molecule has 12 heteroatoms. The summed E-state index contributed by atoms with van der Waals surface area (Å²) in [5.41, 5.74) is 1.47. The lowest BCUT2D eigenvalue weighted by molar-refractivity contribution is -0.142. The minimum absolute atomic E-state index is 0.124. The quantitative estimate of drug-likeness (QED) is 0.302. The zero-order valence-corrected chi connectivity index (χ0v) is 32.3. The van der Waals surface area contributed by atoms with Gasteiger partial charge in [-0.3, -0.25) is 19.1 Å². The lowest BCUT2D eigenvalue weighted by Gasteiger charge is -2.36. The van der Waals surface area contributed by atoms with E-state index in [1.54, 1.807) is 25.0 Å². The molecule has 3 aliphatic heterocycles. The number of sulfonamides is 1. The monoisotopic (exact) mass is 754 g/mol. The van der Waals surface area contributed by atoms with Crippen LogP contribution in [-0.4, -0.2) is 70.9 Å². The predicted octanol–water partition coefficient (Wildman–Crippen LogP) is 5.95. The number of benzene rings is 1. The van der Waals surface area contributed by atoms with Gasteiger partial charge in [0.05, 0.1) is 41.1 Å². The number of hydrogen-bond donors (Lipinski definition) is 1. The van der Waals surface area contributed by atoms with Crippen molar-refractivity contribution in [3.05, 3.63) is 71.6 Å². The van der Waals surface area contributed by atoms with Gasteiger partial charge in [0.1, 0.15) is 11.4 Å². The maximum atomic E-state index is 15.0. The molecule has 2 amide bonds. The second kappa shape index (κ2) is 13.8. The number of hydrogen-bond acceptors (Lipinski definition) is 9. The van der Waals surface area contributed by atoms with Gasteiger partial charge in [-0.1, -0.05) is 49.3 Å². The topological polar surface area (TPSA) is 145 Å². The number of nitrogens with one attached hydrogen (secondary N) is 1. The Morgan fingerprint density at radius 1 is 1.04 bits per heavy atom. The van der Waals surface area contributed by atoms with Crippen LogP contribution < -0.4 is 14.2 Å². The molecule has 1 spiro atoms. The Morgan fingerprint density at radius 2 is 1.85 bits per heavy atom. The van der Waals surface area contributed by atoms with Gasteiger partial charge in [0.2, 0.25) is 27.7 Å². The average Bonchev–Trinajstić information content (AvgIpc) is 4.05. The molecule has 1 N–H and O–H groups in total. The largest absolute Gasteiger partial charge is 0.483 e. The lowest BCUT2D eigenvalue weighted by Crippen LogP contribution is -2.48. The molecular formula is C42H50N4O7S. The maximum Gasteiger partial charge on any atom is 0.240 e. The number of Topliss-reactive ketones (excluding diaryl/α,β-unsaturated/α-hetero) is 1. The minimum Gasteiger partial charge on any atom is -0.483 e. The molecule has 54 heavy (non-hydrogen) atoms. The fraction of sp³-hybridized carbons (Fsp3) is 0.548. The summed E-state index contributed by atoms with van der Waals surface area (Å²) in [6.07, 6.45) is 11.3. The number of methoxy groups -OCH3 is 1. The van der Waals surface area contributed by atoms with Crippen molar-refractivity contribution in [3.63, 3.8) is 0 Å². The molecule has 0 bridgehead atoms. The van der Waals surface area contributed by atoms with Gasteiger partial charge in [0.25, 0.3) is 0 Å². The van der Waals surface area contributed by atoms with E-state index in [1.807, 2.05) is 43.3 Å². The summed E-state index contributed by atoms with van der Waals surface area (Å²) in [6.45, 7) is 3.81. The summed E-state index contributed by atoms with van der Waals surface area (Å²) in [7, 11) is -2.34. The lowest BCUT2D eigenvalue weighted by atomic mass is 9.85. The molecule has 5 heterocycles. The van der Waals surface area contributed by atoms with Crippen LogP contribution in [0.3, 0.4) is 0 Å². The van der Waals surface area contributed by atoms with Gasteiger partial charge in [-0.25, -0.2) is 18.4 Å². The van der Waals surface area contributed by atoms with E-state index in [-0.39, 0.29) is 37.0 Å². The van der Waals surface area contributed by atoms with Gasteiger partial charge in [0.15, 0.2) is 5.78 Å². The molecule has 2 saturated carbocycles. The fourth-order valence-corrected chi connectivity index (χ4v) is 10.4. The number of pyridine rings is 2. The number of ketones is 1. The highest BCUT2D eigenvalue weighted by Crippen LogP contribution is 2.58. The van der Waals surface area contributed by atoms with Gasteiger partial charge in [-0.15, -0.1) is 0 Å². The molecule has 286 valence electrons. The second-order valence-corrected chi connectivity index (χ2v) is 18.8. The average molecular weight is 755 g/mol. The molecular weight excluding hydrogens is 705 g/mol. The summed E-state index contributed by atoms with van der Waals surface area (Å²) < 4.78 is 40.3. The van der Waals surface area contributed by atoms with E-state index in [1.165, 1.54) is 0 Å². The number of aromatic nitrogens is 2. The zero-order chi connectivity index (χ0) is 37.9. The minimum atomic E-state index is -3.91. The molecule has 2 aliphatic carbocycles. The van der Waals surface area contributed by atoms with E-state index in [9.17, 15) is 22.8 Å². The molecule has 1 saturated heterocycles. The van der Waals surface area contributed by atoms with Gasteiger partial charge in [-0.05, 0) is 83.3 Å². The number of carbonyl (C=O) groups excluding carboxylic acids is 3. The van der Waals surface area contributed by atoms with Crippen LogP contribution in [-0.2, 0) is 37.2 Å². The Hall–Kier alpha value is -4.32. The standard InChI is InChI=1S/C42H50N4O7S/c1-27-37-32(31-15-9-10-16-33(31)43-27)18-19-41(53-37)24-34-35(47)25-42(39(49)45-54(50,51)40(2)20-21-40)23-29(42)13-8-6-4-5-7-12-28(38(48)46(34)26-41)22-30-14-11-17-36(44-30)52-3/h8-11,13-17,28-29,34H,4-7,12,18-26H2,1-3H3,(H,45,49)/b13-8-/t28-,29-,34+,41-,42-/m1/s1. The number of aryl methyl sites for hydroxylation is 2. The van der Waals surface area contributed by atoms with Crippen molar-refractivity contribution >= 4 is 38.5 Å². The first-order valence-electron chi connectivity index (χ1n) is 19.5. The van der Waals surface area contributed by atoms with Gasteiger partial charge < -0.3 is 14.4 Å². The normalized spacial score (nSPS) is 29.9. The Labute approximate surface area is 317 Å². The van der Waals surface area contributed by atoms with Crippen molar-refractivity contribution < 1.29 is 32.3 Å². The van der Waals surface area contributed by atoms with Crippen LogP contribution in [0.5, 0.6) is 11.6 Å². The fourth-order valence-electron chi connectivity index (χ4n) is 9.05. The number of para-hydroxylation sites is 1. The van der Waals surface area contributed by atoms with Gasteiger partial charge >= 0.3 is 0 Å². The number of nitrogens with zero attached hydrogens (tertiary/aromatic N) is 3. The third-order valence-electron chi connectivity index (χ3n) is 12.8.